The highest BCUT2D eigenvalue weighted by atomic mass is 35.5. The van der Waals surface area contributed by atoms with E-state index < -0.39 is 0 Å². The van der Waals surface area contributed by atoms with E-state index in [0.717, 1.165) is 5.56 Å². The van der Waals surface area contributed by atoms with Crippen LogP contribution in [0.4, 0.5) is 0 Å². The predicted molar refractivity (Wildman–Crippen MR) is 72.1 cm³/mol. The van der Waals surface area contributed by atoms with Gasteiger partial charge >= 0.3 is 0 Å². The van der Waals surface area contributed by atoms with Crippen LogP contribution < -0.4 is 14.2 Å². The van der Waals surface area contributed by atoms with Gasteiger partial charge in [-0.05, 0) is 12.1 Å². The van der Waals surface area contributed by atoms with Crippen LogP contribution in [0.2, 0.25) is 5.15 Å². The van der Waals surface area contributed by atoms with Crippen LogP contribution >= 0.6 is 11.6 Å². The summed E-state index contributed by atoms with van der Waals surface area (Å²) in [5.41, 5.74) is 1.28. The summed E-state index contributed by atoms with van der Waals surface area (Å²) in [5, 5.41) is 0.248. The van der Waals surface area contributed by atoms with Gasteiger partial charge < -0.3 is 14.2 Å². The highest BCUT2D eigenvalue weighted by Gasteiger charge is 2.18. The van der Waals surface area contributed by atoms with E-state index in [1.807, 2.05) is 12.1 Å². The minimum absolute atomic E-state index is 0.248. The highest BCUT2D eigenvalue weighted by Crippen LogP contribution is 2.41. The van der Waals surface area contributed by atoms with E-state index in [9.17, 15) is 0 Å². The SMILES string of the molecule is COc1cccc(-c2ncnc(Cl)c2OC)c1OC. The first-order valence-corrected chi connectivity index (χ1v) is 5.86. The molecule has 19 heavy (non-hydrogen) atoms. The van der Waals surface area contributed by atoms with Crippen molar-refractivity contribution >= 4 is 11.6 Å². The molecule has 0 spiro atoms. The smallest absolute Gasteiger partial charge is 0.182 e. The Morgan fingerprint density at radius 2 is 1.68 bits per heavy atom. The van der Waals surface area contributed by atoms with E-state index in [4.69, 9.17) is 25.8 Å². The molecule has 0 saturated heterocycles. The second kappa shape index (κ2) is 5.75. The van der Waals surface area contributed by atoms with Crippen molar-refractivity contribution in [1.29, 1.82) is 0 Å². The standard InChI is InChI=1S/C13H13ClN2O3/c1-17-9-6-4-5-8(11(9)18-2)10-12(19-3)13(14)16-7-15-10/h4-7H,1-3H3. The van der Waals surface area contributed by atoms with Crippen molar-refractivity contribution in [2.45, 2.75) is 0 Å². The molecule has 6 heteroatoms. The highest BCUT2D eigenvalue weighted by molar-refractivity contribution is 6.31. The maximum atomic E-state index is 6.00. The molecule has 2 rings (SSSR count). The average molecular weight is 281 g/mol. The van der Waals surface area contributed by atoms with Gasteiger partial charge in [-0.25, -0.2) is 9.97 Å². The zero-order chi connectivity index (χ0) is 13.8. The summed E-state index contributed by atoms with van der Waals surface area (Å²) >= 11 is 6.00. The molecule has 2 aromatic rings. The van der Waals surface area contributed by atoms with Gasteiger partial charge in [-0.1, -0.05) is 17.7 Å². The van der Waals surface area contributed by atoms with Crippen LogP contribution in [0.5, 0.6) is 17.2 Å². The quantitative estimate of drug-likeness (QED) is 0.806. The second-order valence-corrected chi connectivity index (χ2v) is 3.95. The minimum atomic E-state index is 0.248. The van der Waals surface area contributed by atoms with Crippen LogP contribution in [0.25, 0.3) is 11.3 Å². The molecule has 1 aromatic carbocycles. The van der Waals surface area contributed by atoms with Crippen LogP contribution in [0.15, 0.2) is 24.5 Å². The predicted octanol–water partition coefficient (Wildman–Crippen LogP) is 2.82. The first-order valence-electron chi connectivity index (χ1n) is 5.48. The normalized spacial score (nSPS) is 10.1. The van der Waals surface area contributed by atoms with E-state index in [1.165, 1.54) is 13.4 Å². The summed E-state index contributed by atoms with van der Waals surface area (Å²) in [6, 6.07) is 5.49. The molecular weight excluding hydrogens is 268 g/mol. The Bertz CT molecular complexity index is 590. The Morgan fingerprint density at radius 1 is 0.947 bits per heavy atom. The molecule has 0 saturated carbocycles. The van der Waals surface area contributed by atoms with Gasteiger partial charge in [-0.3, -0.25) is 0 Å². The van der Waals surface area contributed by atoms with E-state index in [2.05, 4.69) is 9.97 Å². The van der Waals surface area contributed by atoms with Crippen molar-refractivity contribution in [3.05, 3.63) is 29.7 Å². The zero-order valence-corrected chi connectivity index (χ0v) is 11.6. The molecule has 0 aliphatic rings. The number of halogens is 1. The number of methoxy groups -OCH3 is 3. The Balaban J connectivity index is 2.68. The fraction of sp³-hybridized carbons (Fsp3) is 0.231. The summed E-state index contributed by atoms with van der Waals surface area (Å²) in [4.78, 5) is 8.10. The Labute approximate surface area is 116 Å². The molecule has 0 amide bonds. The number of hydrogen-bond donors (Lipinski definition) is 0. The summed E-state index contributed by atoms with van der Waals surface area (Å²) in [6.45, 7) is 0. The number of para-hydroxylation sites is 1. The molecular formula is C13H13ClN2O3. The summed E-state index contributed by atoms with van der Waals surface area (Å²) < 4.78 is 15.9. The lowest BCUT2D eigenvalue weighted by Gasteiger charge is -2.14. The van der Waals surface area contributed by atoms with Gasteiger partial charge in [0.05, 0.1) is 26.9 Å². The van der Waals surface area contributed by atoms with Crippen molar-refractivity contribution in [1.82, 2.24) is 9.97 Å². The second-order valence-electron chi connectivity index (χ2n) is 3.59. The molecule has 100 valence electrons. The summed E-state index contributed by atoms with van der Waals surface area (Å²) in [6.07, 6.45) is 1.37. The largest absolute Gasteiger partial charge is 0.493 e. The molecule has 0 fully saturated rings. The van der Waals surface area contributed by atoms with Gasteiger partial charge in [0, 0.05) is 0 Å². The van der Waals surface area contributed by atoms with Gasteiger partial charge in [0.15, 0.2) is 22.4 Å². The lowest BCUT2D eigenvalue weighted by molar-refractivity contribution is 0.355. The van der Waals surface area contributed by atoms with Crippen molar-refractivity contribution in [2.24, 2.45) is 0 Å². The van der Waals surface area contributed by atoms with Crippen LogP contribution in [0, 0.1) is 0 Å². The summed E-state index contributed by atoms with van der Waals surface area (Å²) in [7, 11) is 4.66. The molecule has 5 nitrogen and oxygen atoms in total. The maximum Gasteiger partial charge on any atom is 0.182 e. The third kappa shape index (κ3) is 2.42. The van der Waals surface area contributed by atoms with Gasteiger partial charge in [0.25, 0.3) is 0 Å². The fourth-order valence-electron chi connectivity index (χ4n) is 1.80. The van der Waals surface area contributed by atoms with Gasteiger partial charge in [-0.15, -0.1) is 0 Å². The number of nitrogens with zero attached hydrogens (tertiary/aromatic N) is 2. The Hall–Kier alpha value is -2.01. The van der Waals surface area contributed by atoms with Crippen molar-refractivity contribution in [2.75, 3.05) is 21.3 Å². The lowest BCUT2D eigenvalue weighted by atomic mass is 10.1. The number of rotatable bonds is 4. The molecule has 0 aliphatic carbocycles. The van der Waals surface area contributed by atoms with E-state index >= 15 is 0 Å². The van der Waals surface area contributed by atoms with Crippen LogP contribution in [0.3, 0.4) is 0 Å². The van der Waals surface area contributed by atoms with Crippen LogP contribution in [-0.4, -0.2) is 31.3 Å². The molecule has 0 unspecified atom stereocenters. The molecule has 1 heterocycles. The number of benzene rings is 1. The molecule has 0 N–H and O–H groups in total. The fourth-order valence-corrected chi connectivity index (χ4v) is 2.01. The molecule has 0 radical (unpaired) electrons. The molecule has 0 atom stereocenters. The first kappa shape index (κ1) is 13.4. The van der Waals surface area contributed by atoms with Gasteiger partial charge in [0.2, 0.25) is 0 Å². The van der Waals surface area contributed by atoms with Gasteiger partial charge in [-0.2, -0.15) is 0 Å². The van der Waals surface area contributed by atoms with Crippen molar-refractivity contribution < 1.29 is 14.2 Å². The van der Waals surface area contributed by atoms with Crippen LogP contribution in [-0.2, 0) is 0 Å². The third-order valence-electron chi connectivity index (χ3n) is 2.62. The molecule has 0 bridgehead atoms. The molecule has 0 aliphatic heterocycles. The third-order valence-corrected chi connectivity index (χ3v) is 2.89. The number of aromatic nitrogens is 2. The lowest BCUT2D eigenvalue weighted by Crippen LogP contribution is -1.98. The van der Waals surface area contributed by atoms with E-state index in [-0.39, 0.29) is 5.15 Å². The maximum absolute atomic E-state index is 6.00. The van der Waals surface area contributed by atoms with Crippen molar-refractivity contribution in [3.8, 4) is 28.5 Å². The average Bonchev–Trinajstić information content (AvgIpc) is 2.45. The molecule has 1 aromatic heterocycles. The topological polar surface area (TPSA) is 53.5 Å². The monoisotopic (exact) mass is 280 g/mol. The van der Waals surface area contributed by atoms with Crippen LogP contribution in [0.1, 0.15) is 0 Å². The number of ether oxygens (including phenoxy) is 3. The van der Waals surface area contributed by atoms with E-state index in [1.54, 1.807) is 20.3 Å². The van der Waals surface area contributed by atoms with E-state index in [0.29, 0.717) is 22.9 Å². The van der Waals surface area contributed by atoms with Crippen molar-refractivity contribution in [3.63, 3.8) is 0 Å². The summed E-state index contributed by atoms with van der Waals surface area (Å²) in [5.74, 6) is 1.57. The Kier molecular flexibility index (Phi) is 4.06. The number of hydrogen-bond acceptors (Lipinski definition) is 5. The zero-order valence-electron chi connectivity index (χ0n) is 10.8. The first-order chi connectivity index (χ1) is 9.22. The Morgan fingerprint density at radius 3 is 2.32 bits per heavy atom. The van der Waals surface area contributed by atoms with Gasteiger partial charge in [0.1, 0.15) is 12.0 Å². The minimum Gasteiger partial charge on any atom is -0.493 e.